The maximum absolute atomic E-state index is 11.5. The lowest BCUT2D eigenvalue weighted by molar-refractivity contribution is 0.393. The van der Waals surface area contributed by atoms with E-state index in [1.54, 1.807) is 6.07 Å². The summed E-state index contributed by atoms with van der Waals surface area (Å²) >= 11 is 1.99. The maximum atomic E-state index is 11.5. The Hall–Kier alpha value is -0.500. The summed E-state index contributed by atoms with van der Waals surface area (Å²) in [5.74, 6) is 3.84. The van der Waals surface area contributed by atoms with E-state index in [2.05, 4.69) is 10.0 Å². The number of rotatable bonds is 6. The summed E-state index contributed by atoms with van der Waals surface area (Å²) in [4.78, 5) is 0. The molecule has 2 heterocycles. The van der Waals surface area contributed by atoms with Gasteiger partial charge in [-0.3, -0.25) is 0 Å². The van der Waals surface area contributed by atoms with Crippen molar-refractivity contribution >= 4 is 21.8 Å². The van der Waals surface area contributed by atoms with Crippen LogP contribution in [0.1, 0.15) is 12.2 Å². The third-order valence-electron chi connectivity index (χ3n) is 2.93. The van der Waals surface area contributed by atoms with Crippen LogP contribution < -0.4 is 10.0 Å². The second kappa shape index (κ2) is 6.10. The fourth-order valence-electron chi connectivity index (χ4n) is 1.84. The van der Waals surface area contributed by atoms with Crippen LogP contribution in [0.3, 0.4) is 0 Å². The topological polar surface area (TPSA) is 71.3 Å². The fourth-order valence-corrected chi connectivity index (χ4v) is 3.79. The molecule has 0 spiro atoms. The highest BCUT2D eigenvalue weighted by atomic mass is 32.2. The predicted molar refractivity (Wildman–Crippen MR) is 72.1 cm³/mol. The zero-order valence-electron chi connectivity index (χ0n) is 10.3. The van der Waals surface area contributed by atoms with E-state index in [1.165, 1.54) is 31.0 Å². The normalized spacial score (nSPS) is 20.4. The molecule has 2 N–H and O–H groups in total. The molecule has 1 saturated heterocycles. The summed E-state index contributed by atoms with van der Waals surface area (Å²) in [7, 11) is -2.10. The minimum atomic E-state index is -3.47. The van der Waals surface area contributed by atoms with Gasteiger partial charge in [-0.15, -0.1) is 0 Å². The highest BCUT2D eigenvalue weighted by molar-refractivity contribution is 7.99. The average Bonchev–Trinajstić information content (AvgIpc) is 3.00. The number of nitrogens with one attached hydrogen (secondary N) is 2. The second-order valence-electron chi connectivity index (χ2n) is 4.29. The van der Waals surface area contributed by atoms with E-state index in [4.69, 9.17) is 4.42 Å². The van der Waals surface area contributed by atoms with E-state index in [1.807, 2.05) is 11.8 Å². The Bertz CT molecular complexity index is 478. The van der Waals surface area contributed by atoms with Crippen LogP contribution in [0.2, 0.25) is 0 Å². The van der Waals surface area contributed by atoms with Crippen molar-refractivity contribution in [3.63, 3.8) is 0 Å². The minimum absolute atomic E-state index is 0.0294. The molecule has 1 aromatic heterocycles. The van der Waals surface area contributed by atoms with Gasteiger partial charge in [0.15, 0.2) is 0 Å². The van der Waals surface area contributed by atoms with Crippen LogP contribution in [0.25, 0.3) is 0 Å². The van der Waals surface area contributed by atoms with Crippen molar-refractivity contribution in [2.45, 2.75) is 18.1 Å². The van der Waals surface area contributed by atoms with Gasteiger partial charge in [0.2, 0.25) is 5.09 Å². The molecule has 1 aromatic rings. The Kier molecular flexibility index (Phi) is 4.71. The maximum Gasteiger partial charge on any atom is 0.273 e. The number of hydrogen-bond acceptors (Lipinski definition) is 5. The van der Waals surface area contributed by atoms with Gasteiger partial charge in [0.05, 0.1) is 6.54 Å². The highest BCUT2D eigenvalue weighted by Crippen LogP contribution is 2.22. The lowest BCUT2D eigenvalue weighted by atomic mass is 10.1. The molecule has 1 atom stereocenters. The lowest BCUT2D eigenvalue weighted by Crippen LogP contribution is -2.22. The monoisotopic (exact) mass is 290 g/mol. The molecule has 5 nitrogen and oxygen atoms in total. The van der Waals surface area contributed by atoms with Gasteiger partial charge in [0.1, 0.15) is 5.76 Å². The zero-order chi connectivity index (χ0) is 13.0. The minimum Gasteiger partial charge on any atom is -0.447 e. The Labute approximate surface area is 112 Å². The molecule has 1 fully saturated rings. The number of hydrogen-bond donors (Lipinski definition) is 2. The Balaban J connectivity index is 1.83. The van der Waals surface area contributed by atoms with Gasteiger partial charge in [-0.1, -0.05) is 0 Å². The van der Waals surface area contributed by atoms with Crippen LogP contribution in [0, 0.1) is 5.92 Å². The number of sulfonamides is 1. The third-order valence-corrected chi connectivity index (χ3v) is 5.44. The first-order chi connectivity index (χ1) is 8.62. The molecule has 0 aromatic carbocycles. The van der Waals surface area contributed by atoms with Crippen LogP contribution in [0.4, 0.5) is 0 Å². The summed E-state index contributed by atoms with van der Waals surface area (Å²) in [5, 5.41) is 3.27. The Morgan fingerprint density at radius 1 is 1.50 bits per heavy atom. The first-order valence-electron chi connectivity index (χ1n) is 5.92. The fraction of sp³-hybridized carbons (Fsp3) is 0.636. The molecule has 1 aliphatic heterocycles. The summed E-state index contributed by atoms with van der Waals surface area (Å²) in [6.07, 6.45) is 1.26. The van der Waals surface area contributed by atoms with Crippen molar-refractivity contribution in [1.29, 1.82) is 0 Å². The van der Waals surface area contributed by atoms with Gasteiger partial charge >= 0.3 is 0 Å². The van der Waals surface area contributed by atoms with E-state index in [9.17, 15) is 8.42 Å². The Morgan fingerprint density at radius 2 is 2.33 bits per heavy atom. The molecular formula is C11H18N2O3S2. The highest BCUT2D eigenvalue weighted by Gasteiger charge is 2.17. The van der Waals surface area contributed by atoms with Crippen LogP contribution in [-0.2, 0) is 16.6 Å². The third kappa shape index (κ3) is 3.50. The van der Waals surface area contributed by atoms with Gasteiger partial charge in [-0.2, -0.15) is 11.8 Å². The van der Waals surface area contributed by atoms with E-state index >= 15 is 0 Å². The number of furan rings is 1. The van der Waals surface area contributed by atoms with Crippen LogP contribution in [-0.4, -0.2) is 33.5 Å². The molecule has 0 saturated carbocycles. The van der Waals surface area contributed by atoms with Crippen molar-refractivity contribution in [1.82, 2.24) is 10.0 Å². The van der Waals surface area contributed by atoms with Crippen molar-refractivity contribution in [2.75, 3.05) is 25.1 Å². The predicted octanol–water partition coefficient (Wildman–Crippen LogP) is 1.03. The molecule has 7 heteroatoms. The second-order valence-corrected chi connectivity index (χ2v) is 7.26. The van der Waals surface area contributed by atoms with Crippen molar-refractivity contribution < 1.29 is 12.8 Å². The molecular weight excluding hydrogens is 272 g/mol. The van der Waals surface area contributed by atoms with E-state index < -0.39 is 10.0 Å². The average molecular weight is 290 g/mol. The van der Waals surface area contributed by atoms with Gasteiger partial charge in [-0.25, -0.2) is 13.1 Å². The molecule has 102 valence electrons. The SMILES string of the molecule is CNS(=O)(=O)c1ccc(CNCC2CCSC2)o1. The molecule has 0 aliphatic carbocycles. The molecule has 0 radical (unpaired) electrons. The van der Waals surface area contributed by atoms with Crippen molar-refractivity contribution in [3.05, 3.63) is 17.9 Å². The van der Waals surface area contributed by atoms with Gasteiger partial charge in [0, 0.05) is 0 Å². The van der Waals surface area contributed by atoms with Crippen molar-refractivity contribution in [2.24, 2.45) is 5.92 Å². The molecule has 18 heavy (non-hydrogen) atoms. The first kappa shape index (κ1) is 13.9. The van der Waals surface area contributed by atoms with Gasteiger partial charge in [-0.05, 0) is 49.6 Å². The molecule has 0 amide bonds. The molecule has 2 rings (SSSR count). The molecule has 1 unspecified atom stereocenters. The van der Waals surface area contributed by atoms with Gasteiger partial charge < -0.3 is 9.73 Å². The molecule has 0 bridgehead atoms. The number of thioether (sulfide) groups is 1. The first-order valence-corrected chi connectivity index (χ1v) is 8.56. The van der Waals surface area contributed by atoms with Crippen LogP contribution >= 0.6 is 11.8 Å². The summed E-state index contributed by atoms with van der Waals surface area (Å²) in [6, 6.07) is 3.18. The summed E-state index contributed by atoms with van der Waals surface area (Å²) in [5.41, 5.74) is 0. The smallest absolute Gasteiger partial charge is 0.273 e. The Morgan fingerprint density at radius 3 is 3.00 bits per heavy atom. The molecule has 1 aliphatic rings. The van der Waals surface area contributed by atoms with Crippen LogP contribution in [0.5, 0.6) is 0 Å². The largest absolute Gasteiger partial charge is 0.447 e. The van der Waals surface area contributed by atoms with E-state index in [0.717, 1.165) is 12.5 Å². The van der Waals surface area contributed by atoms with Gasteiger partial charge in [0.25, 0.3) is 10.0 Å². The van der Waals surface area contributed by atoms with Crippen molar-refractivity contribution in [3.8, 4) is 0 Å². The van der Waals surface area contributed by atoms with E-state index in [-0.39, 0.29) is 5.09 Å². The quantitative estimate of drug-likeness (QED) is 0.819. The summed E-state index contributed by atoms with van der Waals surface area (Å²) < 4.78 is 30.5. The lowest BCUT2D eigenvalue weighted by Gasteiger charge is -2.08. The standard InChI is InChI=1S/C11H18N2O3S2/c1-12-18(14,15)11-3-2-10(16-11)7-13-6-9-4-5-17-8-9/h2-3,9,12-13H,4-8H2,1H3. The van der Waals surface area contributed by atoms with Crippen LogP contribution in [0.15, 0.2) is 21.6 Å². The van der Waals surface area contributed by atoms with E-state index in [0.29, 0.717) is 12.3 Å². The summed E-state index contributed by atoms with van der Waals surface area (Å²) in [6.45, 7) is 1.53. The zero-order valence-corrected chi connectivity index (χ0v) is 11.9.